The van der Waals surface area contributed by atoms with Gasteiger partial charge in [-0.15, -0.1) is 0 Å². The zero-order chi connectivity index (χ0) is 26.6. The van der Waals surface area contributed by atoms with E-state index in [1.54, 1.807) is 31.7 Å². The van der Waals surface area contributed by atoms with Crippen molar-refractivity contribution in [2.24, 2.45) is 0 Å². The molecule has 0 aromatic heterocycles. The van der Waals surface area contributed by atoms with Gasteiger partial charge >= 0.3 is 6.09 Å². The fourth-order valence-corrected chi connectivity index (χ4v) is 4.24. The molecule has 1 saturated carbocycles. The summed E-state index contributed by atoms with van der Waals surface area (Å²) in [6.07, 6.45) is 2.61. The first-order valence-corrected chi connectivity index (χ1v) is 12.4. The lowest BCUT2D eigenvalue weighted by molar-refractivity contribution is -0.138. The second-order valence-electron chi connectivity index (χ2n) is 10.2. The summed E-state index contributed by atoms with van der Waals surface area (Å²) in [5, 5.41) is 7.62. The Morgan fingerprint density at radius 2 is 1.76 bits per heavy atom. The third kappa shape index (κ3) is 6.76. The van der Waals surface area contributed by atoms with Crippen LogP contribution in [0.3, 0.4) is 0 Å². The number of amides is 3. The van der Waals surface area contributed by atoms with E-state index < -0.39 is 17.7 Å². The smallest absolute Gasteiger partial charge is 0.408 e. The van der Waals surface area contributed by atoms with Crippen LogP contribution >= 0.6 is 0 Å². The number of nitrogens with zero attached hydrogens (tertiary/aromatic N) is 1. The van der Waals surface area contributed by atoms with E-state index >= 15 is 0 Å². The molecule has 0 aliphatic heterocycles. The molecule has 2 N–H and O–H groups in total. The van der Waals surface area contributed by atoms with Gasteiger partial charge in [-0.05, 0) is 73.7 Å². The van der Waals surface area contributed by atoms with Crippen LogP contribution in [0.2, 0.25) is 0 Å². The van der Waals surface area contributed by atoms with Gasteiger partial charge in [0.05, 0.1) is 0 Å². The van der Waals surface area contributed by atoms with Crippen LogP contribution in [0.15, 0.2) is 73.3 Å². The van der Waals surface area contributed by atoms with Gasteiger partial charge in [0.25, 0.3) is 5.91 Å². The van der Waals surface area contributed by atoms with Gasteiger partial charge in [-0.25, -0.2) is 4.79 Å². The molecule has 3 aromatic rings. The number of nitrogens with one attached hydrogen (secondary N) is 2. The molecule has 3 amide bonds. The third-order valence-electron chi connectivity index (χ3n) is 6.02. The molecule has 7 nitrogen and oxygen atoms in total. The summed E-state index contributed by atoms with van der Waals surface area (Å²) in [6.45, 7) is 8.83. The lowest BCUT2D eigenvalue weighted by atomic mass is 10.0. The molecule has 1 fully saturated rings. The summed E-state index contributed by atoms with van der Waals surface area (Å²) in [5.41, 5.74) is 1.48. The van der Waals surface area contributed by atoms with Crippen molar-refractivity contribution in [3.63, 3.8) is 0 Å². The highest BCUT2D eigenvalue weighted by Crippen LogP contribution is 2.36. The average molecular weight is 500 g/mol. The summed E-state index contributed by atoms with van der Waals surface area (Å²) < 4.78 is 5.27. The molecule has 3 aromatic carbocycles. The largest absolute Gasteiger partial charge is 0.444 e. The Labute approximate surface area is 217 Å². The zero-order valence-corrected chi connectivity index (χ0v) is 21.5. The van der Waals surface area contributed by atoms with E-state index in [9.17, 15) is 14.4 Å². The Balaban J connectivity index is 1.62. The first kappa shape index (κ1) is 25.9. The lowest BCUT2D eigenvalue weighted by Crippen LogP contribution is -2.47. The van der Waals surface area contributed by atoms with Crippen molar-refractivity contribution < 1.29 is 19.1 Å². The molecule has 0 heterocycles. The van der Waals surface area contributed by atoms with Gasteiger partial charge in [-0.3, -0.25) is 9.59 Å². The summed E-state index contributed by atoms with van der Waals surface area (Å²) >= 11 is 0. The summed E-state index contributed by atoms with van der Waals surface area (Å²) in [5.74, 6) is -0.676. The SMILES string of the molecule is C=Cc1cccc(C(C(=O)Nc2ccc3ccccc3c2)N(C(=O)CNC(=O)OC(C)(C)C)C2CC2)c1. The number of alkyl carbamates (subject to hydrolysis) is 1. The molecule has 0 spiro atoms. The molecule has 0 radical (unpaired) electrons. The first-order valence-electron chi connectivity index (χ1n) is 12.4. The number of benzene rings is 3. The summed E-state index contributed by atoms with van der Waals surface area (Å²) in [6, 6.07) is 20.1. The van der Waals surface area contributed by atoms with Crippen LogP contribution in [0.1, 0.15) is 50.8 Å². The van der Waals surface area contributed by atoms with Crippen molar-refractivity contribution in [1.29, 1.82) is 0 Å². The number of fused-ring (bicyclic) bond motifs is 1. The number of carbonyl (C=O) groups is 3. The molecule has 192 valence electrons. The molecule has 1 aliphatic carbocycles. The molecule has 1 atom stereocenters. The highest BCUT2D eigenvalue weighted by Gasteiger charge is 2.41. The van der Waals surface area contributed by atoms with Crippen molar-refractivity contribution in [3.05, 3.63) is 84.4 Å². The van der Waals surface area contributed by atoms with E-state index in [-0.39, 0.29) is 24.4 Å². The highest BCUT2D eigenvalue weighted by atomic mass is 16.6. The van der Waals surface area contributed by atoms with Gasteiger partial charge in [0.2, 0.25) is 5.91 Å². The van der Waals surface area contributed by atoms with E-state index in [1.807, 2.05) is 66.7 Å². The molecule has 0 saturated heterocycles. The predicted molar refractivity (Wildman–Crippen MR) is 146 cm³/mol. The van der Waals surface area contributed by atoms with E-state index in [1.165, 1.54) is 0 Å². The Bertz CT molecular complexity index is 1320. The lowest BCUT2D eigenvalue weighted by Gasteiger charge is -2.32. The second-order valence-corrected chi connectivity index (χ2v) is 10.2. The minimum Gasteiger partial charge on any atom is -0.444 e. The quantitative estimate of drug-likeness (QED) is 0.418. The van der Waals surface area contributed by atoms with E-state index in [4.69, 9.17) is 4.74 Å². The van der Waals surface area contributed by atoms with Crippen LogP contribution in [0, 0.1) is 0 Å². The monoisotopic (exact) mass is 499 g/mol. The van der Waals surface area contributed by atoms with Crippen LogP contribution in [-0.2, 0) is 14.3 Å². The number of carbonyl (C=O) groups excluding carboxylic acids is 3. The van der Waals surface area contributed by atoms with Crippen molar-refractivity contribution >= 4 is 40.4 Å². The second kappa shape index (κ2) is 10.9. The van der Waals surface area contributed by atoms with Crippen LogP contribution in [-0.4, -0.2) is 41.0 Å². The topological polar surface area (TPSA) is 87.7 Å². The molecular weight excluding hydrogens is 466 g/mol. The molecule has 0 bridgehead atoms. The standard InChI is InChI=1S/C30H33N3O4/c1-5-20-9-8-12-23(17-20)27(28(35)32-24-14-13-21-10-6-7-11-22(21)18-24)33(25-15-16-25)26(34)19-31-29(36)37-30(2,3)4/h5-14,17-18,25,27H,1,15-16,19H2,2-4H3,(H,31,36)(H,32,35). The van der Waals surface area contributed by atoms with Gasteiger partial charge in [-0.1, -0.05) is 61.2 Å². The maximum absolute atomic E-state index is 13.8. The van der Waals surface area contributed by atoms with Gasteiger partial charge in [-0.2, -0.15) is 0 Å². The maximum Gasteiger partial charge on any atom is 0.408 e. The van der Waals surface area contributed by atoms with Gasteiger partial charge in [0.15, 0.2) is 0 Å². The predicted octanol–water partition coefficient (Wildman–Crippen LogP) is 5.68. The number of ether oxygens (including phenoxy) is 1. The Kier molecular flexibility index (Phi) is 7.62. The first-order chi connectivity index (χ1) is 17.6. The molecule has 1 unspecified atom stereocenters. The molecule has 7 heteroatoms. The Morgan fingerprint density at radius 1 is 1.03 bits per heavy atom. The van der Waals surface area contributed by atoms with E-state index in [2.05, 4.69) is 17.2 Å². The normalized spacial score (nSPS) is 13.9. The minimum atomic E-state index is -0.883. The van der Waals surface area contributed by atoms with Gasteiger partial charge in [0, 0.05) is 11.7 Å². The number of hydrogen-bond donors (Lipinski definition) is 2. The number of anilines is 1. The zero-order valence-electron chi connectivity index (χ0n) is 21.5. The maximum atomic E-state index is 13.8. The van der Waals surface area contributed by atoms with E-state index in [0.29, 0.717) is 11.3 Å². The van der Waals surface area contributed by atoms with Crippen LogP contribution in [0.4, 0.5) is 10.5 Å². The van der Waals surface area contributed by atoms with Crippen LogP contribution in [0.25, 0.3) is 16.8 Å². The fraction of sp³-hybridized carbons (Fsp3) is 0.300. The van der Waals surface area contributed by atoms with Crippen molar-refractivity contribution in [1.82, 2.24) is 10.2 Å². The Hall–Kier alpha value is -4.13. The summed E-state index contributed by atoms with van der Waals surface area (Å²) in [4.78, 5) is 41.0. The summed E-state index contributed by atoms with van der Waals surface area (Å²) in [7, 11) is 0. The highest BCUT2D eigenvalue weighted by molar-refractivity contribution is 6.00. The Morgan fingerprint density at radius 3 is 2.43 bits per heavy atom. The van der Waals surface area contributed by atoms with Crippen LogP contribution in [0.5, 0.6) is 0 Å². The fourth-order valence-electron chi connectivity index (χ4n) is 4.24. The molecule has 4 rings (SSSR count). The van der Waals surface area contributed by atoms with E-state index in [0.717, 1.165) is 29.2 Å². The molecule has 1 aliphatic rings. The molecule has 37 heavy (non-hydrogen) atoms. The number of rotatable bonds is 8. The van der Waals surface area contributed by atoms with Crippen LogP contribution < -0.4 is 10.6 Å². The molecular formula is C30H33N3O4. The average Bonchev–Trinajstić information content (AvgIpc) is 3.69. The van der Waals surface area contributed by atoms with Crippen molar-refractivity contribution in [2.45, 2.75) is 51.3 Å². The van der Waals surface area contributed by atoms with Crippen molar-refractivity contribution in [2.75, 3.05) is 11.9 Å². The minimum absolute atomic E-state index is 0.0901. The third-order valence-corrected chi connectivity index (χ3v) is 6.02. The van der Waals surface area contributed by atoms with Gasteiger partial charge < -0.3 is 20.3 Å². The number of hydrogen-bond acceptors (Lipinski definition) is 4. The van der Waals surface area contributed by atoms with Gasteiger partial charge in [0.1, 0.15) is 18.2 Å². The van der Waals surface area contributed by atoms with Crippen molar-refractivity contribution in [3.8, 4) is 0 Å².